The van der Waals surface area contributed by atoms with E-state index in [1.54, 1.807) is 30.5 Å². The van der Waals surface area contributed by atoms with Gasteiger partial charge in [0.1, 0.15) is 11.5 Å². The number of fused-ring (bicyclic) bond motifs is 1. The molecule has 4 aromatic rings. The van der Waals surface area contributed by atoms with Crippen molar-refractivity contribution in [1.29, 1.82) is 5.26 Å². The molecule has 3 aromatic heterocycles. The zero-order valence-corrected chi connectivity index (χ0v) is 14.0. The summed E-state index contributed by atoms with van der Waals surface area (Å²) in [5, 5.41) is 14.0. The summed E-state index contributed by atoms with van der Waals surface area (Å²) in [6.07, 6.45) is 3.09. The van der Waals surface area contributed by atoms with Crippen LogP contribution < -0.4 is 11.5 Å². The number of benzene rings is 1. The number of halogens is 1. The Kier molecular flexibility index (Phi) is 3.86. The summed E-state index contributed by atoms with van der Waals surface area (Å²) < 4.78 is 15.7. The number of rotatable bonds is 3. The van der Waals surface area contributed by atoms with Crippen LogP contribution in [0, 0.1) is 17.1 Å². The van der Waals surface area contributed by atoms with Crippen LogP contribution in [-0.2, 0) is 6.54 Å². The lowest BCUT2D eigenvalue weighted by Crippen LogP contribution is -2.07. The van der Waals surface area contributed by atoms with Gasteiger partial charge in [0.05, 0.1) is 35.5 Å². The smallest absolute Gasteiger partial charge is 0.222 e. The van der Waals surface area contributed by atoms with E-state index in [1.807, 2.05) is 0 Å². The van der Waals surface area contributed by atoms with E-state index >= 15 is 0 Å². The zero-order chi connectivity index (χ0) is 19.0. The van der Waals surface area contributed by atoms with Crippen LogP contribution in [0.25, 0.3) is 22.4 Å². The lowest BCUT2D eigenvalue weighted by Gasteiger charge is -2.07. The Morgan fingerprint density at radius 3 is 2.78 bits per heavy atom. The van der Waals surface area contributed by atoms with Gasteiger partial charge in [-0.15, -0.1) is 0 Å². The first kappa shape index (κ1) is 16.4. The Bertz CT molecular complexity index is 1210. The molecule has 0 spiro atoms. The van der Waals surface area contributed by atoms with Crippen molar-refractivity contribution < 1.29 is 4.39 Å². The third-order valence-corrected chi connectivity index (χ3v) is 4.04. The predicted molar refractivity (Wildman–Crippen MR) is 97.6 cm³/mol. The van der Waals surface area contributed by atoms with E-state index < -0.39 is 5.82 Å². The number of hydrogen-bond acceptors (Lipinski definition) is 7. The summed E-state index contributed by atoms with van der Waals surface area (Å²) in [5.74, 6) is -0.398. The molecule has 9 heteroatoms. The molecule has 3 heterocycles. The molecule has 0 saturated heterocycles. The molecule has 4 rings (SSSR count). The minimum Gasteiger partial charge on any atom is -0.399 e. The van der Waals surface area contributed by atoms with Crippen LogP contribution in [0.1, 0.15) is 11.1 Å². The number of nitrogens with zero attached hydrogens (tertiary/aromatic N) is 6. The molecule has 0 radical (unpaired) electrons. The molecule has 0 amide bonds. The minimum absolute atomic E-state index is 0.0289. The molecule has 0 bridgehead atoms. The molecule has 27 heavy (non-hydrogen) atoms. The normalized spacial score (nSPS) is 10.8. The fourth-order valence-corrected chi connectivity index (χ4v) is 2.77. The second-order valence-electron chi connectivity index (χ2n) is 5.86. The maximum atomic E-state index is 14.1. The van der Waals surface area contributed by atoms with Crippen molar-refractivity contribution >= 4 is 22.7 Å². The number of hydrogen-bond donors (Lipinski definition) is 2. The van der Waals surface area contributed by atoms with Crippen LogP contribution in [0.2, 0.25) is 0 Å². The molecule has 132 valence electrons. The van der Waals surface area contributed by atoms with E-state index in [4.69, 9.17) is 16.7 Å². The van der Waals surface area contributed by atoms with E-state index in [0.29, 0.717) is 39.2 Å². The number of nitriles is 1. The first-order valence-electron chi connectivity index (χ1n) is 7.94. The fourth-order valence-electron chi connectivity index (χ4n) is 2.77. The maximum absolute atomic E-state index is 14.1. The standard InChI is InChI=1S/C18H13FN8/c19-14-6-12(21)2-1-11(14)9-27-17-13(8-24-27)16(25-18(22)26-17)15-5-10(7-20)3-4-23-15/h1-6,8H,9,21H2,(H2,22,25,26). The molecule has 0 atom stereocenters. The number of anilines is 2. The Hall–Kier alpha value is -4.06. The van der Waals surface area contributed by atoms with E-state index in [-0.39, 0.29) is 12.5 Å². The summed E-state index contributed by atoms with van der Waals surface area (Å²) in [5.41, 5.74) is 14.0. The summed E-state index contributed by atoms with van der Waals surface area (Å²) in [6.45, 7) is 0.150. The van der Waals surface area contributed by atoms with Crippen LogP contribution >= 0.6 is 0 Å². The molecule has 0 fully saturated rings. The van der Waals surface area contributed by atoms with Gasteiger partial charge in [-0.1, -0.05) is 6.07 Å². The third-order valence-electron chi connectivity index (χ3n) is 4.04. The number of nitrogens with two attached hydrogens (primary N) is 2. The molecule has 8 nitrogen and oxygen atoms in total. The second kappa shape index (κ2) is 6.34. The molecule has 0 aliphatic heterocycles. The van der Waals surface area contributed by atoms with Gasteiger partial charge in [-0.3, -0.25) is 4.98 Å². The molecule has 0 unspecified atom stereocenters. The van der Waals surface area contributed by atoms with Crippen molar-refractivity contribution in [2.45, 2.75) is 6.54 Å². The van der Waals surface area contributed by atoms with Crippen molar-refractivity contribution in [2.24, 2.45) is 0 Å². The molecule has 4 N–H and O–H groups in total. The van der Waals surface area contributed by atoms with Gasteiger partial charge in [-0.2, -0.15) is 15.3 Å². The summed E-state index contributed by atoms with van der Waals surface area (Å²) in [7, 11) is 0. The van der Waals surface area contributed by atoms with Crippen molar-refractivity contribution in [3.63, 3.8) is 0 Å². The highest BCUT2D eigenvalue weighted by atomic mass is 19.1. The minimum atomic E-state index is -0.427. The maximum Gasteiger partial charge on any atom is 0.222 e. The number of pyridine rings is 1. The van der Waals surface area contributed by atoms with Crippen molar-refractivity contribution in [3.8, 4) is 17.5 Å². The second-order valence-corrected chi connectivity index (χ2v) is 5.86. The largest absolute Gasteiger partial charge is 0.399 e. The molecule has 0 saturated carbocycles. The summed E-state index contributed by atoms with van der Waals surface area (Å²) in [6, 6.07) is 9.74. The lowest BCUT2D eigenvalue weighted by atomic mass is 10.1. The Labute approximate surface area is 152 Å². The van der Waals surface area contributed by atoms with E-state index in [1.165, 1.54) is 16.9 Å². The molecular formula is C18H13FN8. The van der Waals surface area contributed by atoms with Crippen molar-refractivity contribution in [2.75, 3.05) is 11.5 Å². The highest BCUT2D eigenvalue weighted by molar-refractivity contribution is 5.90. The molecule has 0 aliphatic carbocycles. The average Bonchev–Trinajstić information content (AvgIpc) is 3.06. The Morgan fingerprint density at radius 1 is 1.15 bits per heavy atom. The van der Waals surface area contributed by atoms with Crippen LogP contribution in [0.3, 0.4) is 0 Å². The van der Waals surface area contributed by atoms with Crippen LogP contribution in [-0.4, -0.2) is 24.7 Å². The number of aromatic nitrogens is 5. The van der Waals surface area contributed by atoms with E-state index in [0.717, 1.165) is 0 Å². The quantitative estimate of drug-likeness (QED) is 0.535. The van der Waals surface area contributed by atoms with Gasteiger partial charge in [-0.05, 0) is 24.3 Å². The van der Waals surface area contributed by atoms with Gasteiger partial charge < -0.3 is 11.5 Å². The first-order valence-corrected chi connectivity index (χ1v) is 7.94. The van der Waals surface area contributed by atoms with Gasteiger partial charge in [-0.25, -0.2) is 14.1 Å². The highest BCUT2D eigenvalue weighted by Gasteiger charge is 2.16. The Morgan fingerprint density at radius 2 is 2.00 bits per heavy atom. The highest BCUT2D eigenvalue weighted by Crippen LogP contribution is 2.26. The summed E-state index contributed by atoms with van der Waals surface area (Å²) in [4.78, 5) is 12.7. The van der Waals surface area contributed by atoms with Gasteiger partial charge in [0, 0.05) is 17.4 Å². The van der Waals surface area contributed by atoms with Crippen LogP contribution in [0.5, 0.6) is 0 Å². The monoisotopic (exact) mass is 360 g/mol. The van der Waals surface area contributed by atoms with Crippen LogP contribution in [0.15, 0.2) is 42.7 Å². The van der Waals surface area contributed by atoms with Crippen molar-refractivity contribution in [1.82, 2.24) is 24.7 Å². The predicted octanol–water partition coefficient (Wildman–Crippen LogP) is 2.11. The summed E-state index contributed by atoms with van der Waals surface area (Å²) >= 11 is 0. The third kappa shape index (κ3) is 3.00. The lowest BCUT2D eigenvalue weighted by molar-refractivity contribution is 0.590. The topological polar surface area (TPSA) is 132 Å². The van der Waals surface area contributed by atoms with E-state index in [9.17, 15) is 4.39 Å². The van der Waals surface area contributed by atoms with Gasteiger partial charge >= 0.3 is 0 Å². The van der Waals surface area contributed by atoms with Gasteiger partial charge in [0.2, 0.25) is 5.95 Å². The van der Waals surface area contributed by atoms with E-state index in [2.05, 4.69) is 26.1 Å². The van der Waals surface area contributed by atoms with Gasteiger partial charge in [0.15, 0.2) is 5.65 Å². The van der Waals surface area contributed by atoms with Gasteiger partial charge in [0.25, 0.3) is 0 Å². The zero-order valence-electron chi connectivity index (χ0n) is 14.0. The first-order chi connectivity index (χ1) is 13.0. The fraction of sp³-hybridized carbons (Fsp3) is 0.0556. The number of nitrogen functional groups attached to an aromatic ring is 2. The molecule has 1 aromatic carbocycles. The Balaban J connectivity index is 1.84. The molecule has 0 aliphatic rings. The average molecular weight is 360 g/mol. The SMILES string of the molecule is N#Cc1ccnc(-c2nc(N)nc3c2cnn3Cc2ccc(N)cc2F)c1. The van der Waals surface area contributed by atoms with Crippen LogP contribution in [0.4, 0.5) is 16.0 Å². The van der Waals surface area contributed by atoms with Crippen molar-refractivity contribution in [3.05, 3.63) is 59.7 Å². The molecular weight excluding hydrogens is 347 g/mol.